The molecule has 0 aromatic heterocycles. The van der Waals surface area contributed by atoms with E-state index in [9.17, 15) is 22.9 Å². The number of Topliss-reactive ketones (excluding diaryl/α,β-unsaturated/α-hetero) is 1. The molecule has 0 rings (SSSR count). The van der Waals surface area contributed by atoms with Gasteiger partial charge in [0, 0.05) is 5.41 Å². The first kappa shape index (κ1) is 17.9. The van der Waals surface area contributed by atoms with Crippen molar-refractivity contribution in [3.63, 3.8) is 0 Å². The van der Waals surface area contributed by atoms with Crippen LogP contribution in [0.15, 0.2) is 12.0 Å². The molecule has 19 heavy (non-hydrogen) atoms. The fourth-order valence-electron chi connectivity index (χ4n) is 1.30. The third-order valence-electron chi connectivity index (χ3n) is 2.52. The van der Waals surface area contributed by atoms with Crippen LogP contribution in [-0.4, -0.2) is 36.4 Å². The third kappa shape index (κ3) is 5.22. The first-order chi connectivity index (χ1) is 8.11. The van der Waals surface area contributed by atoms with Gasteiger partial charge in [0.1, 0.15) is 26.4 Å². The second-order valence-electron chi connectivity index (χ2n) is 5.78. The molecule has 1 atom stereocenters. The highest BCUT2D eigenvalue weighted by Crippen LogP contribution is 2.32. The summed E-state index contributed by atoms with van der Waals surface area (Å²) >= 11 is 0. The Hall–Kier alpha value is -1.05. The monoisotopic (exact) mass is 294 g/mol. The lowest BCUT2D eigenvalue weighted by atomic mass is 9.88. The van der Waals surface area contributed by atoms with Crippen molar-refractivity contribution in [3.8, 4) is 0 Å². The minimum Gasteiger partial charge on any atom is -0.459 e. The normalized spacial score (nSPS) is 17.7. The fourth-order valence-corrected chi connectivity index (χ4v) is 2.82. The highest BCUT2D eigenvalue weighted by molar-refractivity contribution is 8.12. The van der Waals surface area contributed by atoms with Crippen LogP contribution in [-0.2, 0) is 24.0 Å². The van der Waals surface area contributed by atoms with E-state index in [-0.39, 0.29) is 0 Å². The molecule has 0 aromatic carbocycles. The molecule has 0 fully saturated rings. The van der Waals surface area contributed by atoms with Gasteiger partial charge in [0.05, 0.1) is 5.75 Å². The summed E-state index contributed by atoms with van der Waals surface area (Å²) in [4.78, 5) is 23.7. The molecule has 0 aromatic rings. The molecular weight excluding hydrogens is 272 g/mol. The summed E-state index contributed by atoms with van der Waals surface area (Å²) in [7, 11) is -5.23. The molecule has 0 saturated heterocycles. The fraction of sp³-hybridized carbons (Fsp3) is 0.667. The van der Waals surface area contributed by atoms with Gasteiger partial charge >= 0.3 is 5.97 Å². The largest absolute Gasteiger partial charge is 0.459 e. The number of hydrogen-bond acceptors (Lipinski definition) is 4. The number of hydrogen-bond donors (Lipinski definition) is 2. The number of carbonyl (C=O) groups is 2. The Morgan fingerprint density at radius 2 is 1.68 bits per heavy atom. The van der Waals surface area contributed by atoms with Gasteiger partial charge in [-0.05, 0) is 34.6 Å². The van der Waals surface area contributed by atoms with Gasteiger partial charge in [0.2, 0.25) is 0 Å². The highest BCUT2D eigenvalue weighted by Gasteiger charge is 2.49. The lowest BCUT2D eigenvalue weighted by Crippen LogP contribution is -2.50. The maximum atomic E-state index is 12.0. The number of carbonyl (C=O) groups excluding carboxylic acids is 2. The first-order valence-corrected chi connectivity index (χ1v) is 7.75. The van der Waals surface area contributed by atoms with E-state index in [0.717, 1.165) is 13.8 Å². The smallest absolute Gasteiger partial charge is 0.320 e. The SMILES string of the molecule is C=CS(=O)(O)(O)CC(C)(C(C)=O)C(=O)OC(C)(C)C. The Balaban J connectivity index is 5.54. The number of rotatable bonds is 5. The summed E-state index contributed by atoms with van der Waals surface area (Å²) in [5, 5.41) is 0.447. The Morgan fingerprint density at radius 1 is 1.26 bits per heavy atom. The average Bonchev–Trinajstić information content (AvgIpc) is 2.13. The van der Waals surface area contributed by atoms with Crippen molar-refractivity contribution in [2.24, 2.45) is 5.41 Å². The lowest BCUT2D eigenvalue weighted by Gasteiger charge is -2.36. The molecule has 0 saturated carbocycles. The Kier molecular flexibility index (Phi) is 4.54. The molecule has 0 aliphatic heterocycles. The number of ketones is 1. The number of ether oxygens (including phenoxy) is 1. The summed E-state index contributed by atoms with van der Waals surface area (Å²) in [5.74, 6) is -2.61. The molecule has 112 valence electrons. The zero-order chi connectivity index (χ0) is 15.7. The van der Waals surface area contributed by atoms with Crippen molar-refractivity contribution in [1.29, 1.82) is 0 Å². The summed E-state index contributed by atoms with van der Waals surface area (Å²) < 4.78 is 35.9. The average molecular weight is 294 g/mol. The first-order valence-electron chi connectivity index (χ1n) is 5.63. The van der Waals surface area contributed by atoms with Crippen LogP contribution < -0.4 is 0 Å². The predicted octanol–water partition coefficient (Wildman–Crippen LogP) is 1.83. The van der Waals surface area contributed by atoms with Gasteiger partial charge in [0.25, 0.3) is 0 Å². The second-order valence-corrected chi connectivity index (χ2v) is 8.56. The van der Waals surface area contributed by atoms with Crippen LogP contribution in [0.5, 0.6) is 0 Å². The van der Waals surface area contributed by atoms with E-state index in [4.69, 9.17) is 4.74 Å². The minimum absolute atomic E-state index is 0.447. The zero-order valence-electron chi connectivity index (χ0n) is 11.9. The van der Waals surface area contributed by atoms with Crippen LogP contribution in [0.2, 0.25) is 0 Å². The van der Waals surface area contributed by atoms with E-state index in [1.54, 1.807) is 20.8 Å². The van der Waals surface area contributed by atoms with Crippen LogP contribution in [0.25, 0.3) is 0 Å². The zero-order valence-corrected chi connectivity index (χ0v) is 12.7. The van der Waals surface area contributed by atoms with E-state index < -0.39 is 38.1 Å². The molecule has 0 radical (unpaired) electrons. The van der Waals surface area contributed by atoms with E-state index in [1.807, 2.05) is 0 Å². The summed E-state index contributed by atoms with van der Waals surface area (Å²) in [6.45, 7) is 10.1. The second kappa shape index (κ2) is 4.81. The topological polar surface area (TPSA) is 101 Å². The van der Waals surface area contributed by atoms with Crippen LogP contribution in [0, 0.1) is 5.41 Å². The van der Waals surface area contributed by atoms with Crippen molar-refractivity contribution in [3.05, 3.63) is 12.0 Å². The van der Waals surface area contributed by atoms with Crippen molar-refractivity contribution < 1.29 is 27.6 Å². The standard InChI is InChI=1S/C12H22O6S/c1-7-19(15,16,17)8-12(6,9(2)13)10(14)18-11(3,4)5/h7H,1,8H2,2-6H3,(H2,15,16,17). The summed E-state index contributed by atoms with van der Waals surface area (Å²) in [6.07, 6.45) is 0. The van der Waals surface area contributed by atoms with Crippen molar-refractivity contribution in [2.75, 3.05) is 5.75 Å². The number of esters is 1. The molecule has 0 aliphatic carbocycles. The molecule has 0 amide bonds. The molecule has 1 unspecified atom stereocenters. The molecule has 6 nitrogen and oxygen atoms in total. The molecular formula is C12H22O6S. The van der Waals surface area contributed by atoms with E-state index in [1.165, 1.54) is 0 Å². The van der Waals surface area contributed by atoms with Gasteiger partial charge in [-0.25, -0.2) is 4.21 Å². The van der Waals surface area contributed by atoms with Crippen molar-refractivity contribution >= 4 is 21.4 Å². The molecule has 0 heterocycles. The van der Waals surface area contributed by atoms with Crippen LogP contribution in [0.1, 0.15) is 34.6 Å². The summed E-state index contributed by atoms with van der Waals surface area (Å²) in [6, 6.07) is 0. The maximum Gasteiger partial charge on any atom is 0.320 e. The van der Waals surface area contributed by atoms with Crippen LogP contribution in [0.3, 0.4) is 0 Å². The van der Waals surface area contributed by atoms with Gasteiger partial charge in [-0.2, -0.15) is 0 Å². The molecule has 0 bridgehead atoms. The summed E-state index contributed by atoms with van der Waals surface area (Å²) in [5.41, 5.74) is -2.78. The van der Waals surface area contributed by atoms with Crippen LogP contribution in [0.4, 0.5) is 0 Å². The van der Waals surface area contributed by atoms with Gasteiger partial charge in [-0.15, -0.1) is 0 Å². The van der Waals surface area contributed by atoms with Gasteiger partial charge < -0.3 is 13.8 Å². The molecule has 0 spiro atoms. The quantitative estimate of drug-likeness (QED) is 0.592. The predicted molar refractivity (Wildman–Crippen MR) is 73.1 cm³/mol. The third-order valence-corrected chi connectivity index (χ3v) is 4.31. The lowest BCUT2D eigenvalue weighted by molar-refractivity contribution is -0.167. The van der Waals surface area contributed by atoms with Crippen molar-refractivity contribution in [1.82, 2.24) is 0 Å². The molecule has 7 heteroatoms. The van der Waals surface area contributed by atoms with Gasteiger partial charge in [-0.1, -0.05) is 6.58 Å². The maximum absolute atomic E-state index is 12.0. The molecule has 0 aliphatic rings. The van der Waals surface area contributed by atoms with E-state index >= 15 is 0 Å². The minimum atomic E-state index is -5.23. The van der Waals surface area contributed by atoms with E-state index in [0.29, 0.717) is 5.41 Å². The van der Waals surface area contributed by atoms with Gasteiger partial charge in [-0.3, -0.25) is 9.59 Å². The molecule has 2 N–H and O–H groups in total. The van der Waals surface area contributed by atoms with Crippen LogP contribution >= 0.6 is 0 Å². The van der Waals surface area contributed by atoms with E-state index in [2.05, 4.69) is 6.58 Å². The highest BCUT2D eigenvalue weighted by atomic mass is 32.3. The Morgan fingerprint density at radius 3 is 1.95 bits per heavy atom. The Labute approximate surface area is 113 Å². The van der Waals surface area contributed by atoms with Crippen molar-refractivity contribution in [2.45, 2.75) is 40.2 Å². The van der Waals surface area contributed by atoms with Gasteiger partial charge in [0.15, 0.2) is 0 Å². The Bertz CT molecular complexity index is 467.